The van der Waals surface area contributed by atoms with E-state index in [9.17, 15) is 4.79 Å². The molecule has 0 fully saturated rings. The minimum absolute atomic E-state index is 0.0745. The molecule has 5 heteroatoms. The molecule has 2 heterocycles. The Balaban J connectivity index is 1.44. The third-order valence-corrected chi connectivity index (χ3v) is 4.03. The maximum absolute atomic E-state index is 12.3. The van der Waals surface area contributed by atoms with Crippen molar-refractivity contribution in [2.45, 2.75) is 6.42 Å². The van der Waals surface area contributed by atoms with E-state index in [0.29, 0.717) is 18.5 Å². The molecular formula is C19H16N4O. The Morgan fingerprint density at radius 2 is 1.79 bits per heavy atom. The Bertz CT molecular complexity index is 1020. The van der Waals surface area contributed by atoms with Gasteiger partial charge in [0.25, 0.3) is 5.91 Å². The molecule has 118 valence electrons. The van der Waals surface area contributed by atoms with Gasteiger partial charge < -0.3 is 5.32 Å². The largest absolute Gasteiger partial charge is 0.352 e. The van der Waals surface area contributed by atoms with Crippen molar-refractivity contribution < 1.29 is 4.79 Å². The highest BCUT2D eigenvalue weighted by Gasteiger charge is 2.08. The molecule has 0 atom stereocenters. The number of amides is 1. The number of hydrogen-bond acceptors (Lipinski definition) is 3. The number of nitrogens with zero attached hydrogens (tertiary/aromatic N) is 3. The fraction of sp³-hybridized carbons (Fsp3) is 0.105. The number of hydrogen-bond donors (Lipinski definition) is 1. The van der Waals surface area contributed by atoms with E-state index >= 15 is 0 Å². The molecular weight excluding hydrogens is 300 g/mol. The molecule has 0 saturated heterocycles. The van der Waals surface area contributed by atoms with Gasteiger partial charge in [0.1, 0.15) is 5.82 Å². The maximum atomic E-state index is 12.3. The summed E-state index contributed by atoms with van der Waals surface area (Å²) in [5.41, 5.74) is 1.48. The van der Waals surface area contributed by atoms with Crippen molar-refractivity contribution in [2.24, 2.45) is 0 Å². The van der Waals surface area contributed by atoms with Crippen LogP contribution < -0.4 is 5.32 Å². The first-order valence-electron chi connectivity index (χ1n) is 7.87. The number of pyridine rings is 1. The lowest BCUT2D eigenvalue weighted by molar-refractivity contribution is 0.0954. The Hall–Kier alpha value is -3.21. The summed E-state index contributed by atoms with van der Waals surface area (Å²) in [6, 6.07) is 19.5. The second kappa shape index (κ2) is 6.12. The number of benzene rings is 2. The quantitative estimate of drug-likeness (QED) is 0.630. The fourth-order valence-corrected chi connectivity index (χ4v) is 2.78. The van der Waals surface area contributed by atoms with Crippen molar-refractivity contribution in [3.8, 4) is 0 Å². The summed E-state index contributed by atoms with van der Waals surface area (Å²) < 4.78 is 1.93. The molecule has 4 rings (SSSR count). The molecule has 0 aliphatic heterocycles. The molecule has 24 heavy (non-hydrogen) atoms. The first-order chi connectivity index (χ1) is 11.8. The molecule has 0 radical (unpaired) electrons. The smallest absolute Gasteiger partial charge is 0.251 e. The predicted octanol–water partition coefficient (Wildman–Crippen LogP) is 2.86. The fourth-order valence-electron chi connectivity index (χ4n) is 2.78. The average molecular weight is 316 g/mol. The van der Waals surface area contributed by atoms with Crippen molar-refractivity contribution in [1.29, 1.82) is 0 Å². The van der Waals surface area contributed by atoms with E-state index in [1.54, 1.807) is 0 Å². The minimum atomic E-state index is -0.0745. The molecule has 0 bridgehead atoms. The third-order valence-electron chi connectivity index (χ3n) is 4.03. The van der Waals surface area contributed by atoms with Gasteiger partial charge in [-0.15, -0.1) is 10.2 Å². The van der Waals surface area contributed by atoms with Gasteiger partial charge in [-0.05, 0) is 35.0 Å². The van der Waals surface area contributed by atoms with Gasteiger partial charge in [0, 0.05) is 24.7 Å². The summed E-state index contributed by atoms with van der Waals surface area (Å²) in [7, 11) is 0. The van der Waals surface area contributed by atoms with Crippen LogP contribution in [0.2, 0.25) is 0 Å². The zero-order chi connectivity index (χ0) is 16.4. The van der Waals surface area contributed by atoms with E-state index in [1.165, 1.54) is 0 Å². The second-order valence-corrected chi connectivity index (χ2v) is 5.61. The first-order valence-corrected chi connectivity index (χ1v) is 7.87. The number of carbonyl (C=O) groups is 1. The van der Waals surface area contributed by atoms with Gasteiger partial charge in [-0.1, -0.05) is 36.4 Å². The van der Waals surface area contributed by atoms with Crippen LogP contribution in [0, 0.1) is 0 Å². The van der Waals surface area contributed by atoms with E-state index < -0.39 is 0 Å². The molecule has 0 aliphatic rings. The lowest BCUT2D eigenvalue weighted by Crippen LogP contribution is -2.26. The number of carbonyl (C=O) groups excluding carboxylic acids is 1. The van der Waals surface area contributed by atoms with Gasteiger partial charge in [0.05, 0.1) is 0 Å². The lowest BCUT2D eigenvalue weighted by Gasteiger charge is -2.06. The van der Waals surface area contributed by atoms with Crippen molar-refractivity contribution in [1.82, 2.24) is 19.9 Å². The van der Waals surface area contributed by atoms with Crippen LogP contribution >= 0.6 is 0 Å². The number of rotatable bonds is 4. The van der Waals surface area contributed by atoms with E-state index in [2.05, 4.69) is 15.5 Å². The van der Waals surface area contributed by atoms with Gasteiger partial charge in [0.2, 0.25) is 0 Å². The summed E-state index contributed by atoms with van der Waals surface area (Å²) in [6.45, 7) is 0.515. The summed E-state index contributed by atoms with van der Waals surface area (Å²) in [6.07, 6.45) is 2.56. The van der Waals surface area contributed by atoms with Crippen molar-refractivity contribution in [3.63, 3.8) is 0 Å². The SMILES string of the molecule is O=C(NCCc1nnc2ccccn12)c1ccc2ccccc2c1. The molecule has 0 saturated carbocycles. The standard InChI is InChI=1S/C19H16N4O/c24-19(16-9-8-14-5-1-2-6-15(14)13-16)20-11-10-18-22-21-17-7-3-4-12-23(17)18/h1-9,12-13H,10-11H2,(H,20,24). The monoisotopic (exact) mass is 316 g/mol. The molecule has 0 aliphatic carbocycles. The highest BCUT2D eigenvalue weighted by molar-refractivity contribution is 5.98. The minimum Gasteiger partial charge on any atom is -0.352 e. The summed E-state index contributed by atoms with van der Waals surface area (Å²) in [4.78, 5) is 12.3. The van der Waals surface area contributed by atoms with Gasteiger partial charge in [0.15, 0.2) is 5.65 Å². The van der Waals surface area contributed by atoms with Gasteiger partial charge in [-0.2, -0.15) is 0 Å². The second-order valence-electron chi connectivity index (χ2n) is 5.61. The van der Waals surface area contributed by atoms with E-state index in [0.717, 1.165) is 22.2 Å². The molecule has 5 nitrogen and oxygen atoms in total. The van der Waals surface area contributed by atoms with Crippen LogP contribution in [0.5, 0.6) is 0 Å². The van der Waals surface area contributed by atoms with E-state index in [4.69, 9.17) is 0 Å². The van der Waals surface area contributed by atoms with Gasteiger partial charge >= 0.3 is 0 Å². The Morgan fingerprint density at radius 3 is 2.71 bits per heavy atom. The number of nitrogens with one attached hydrogen (secondary N) is 1. The van der Waals surface area contributed by atoms with Crippen molar-refractivity contribution in [2.75, 3.05) is 6.54 Å². The predicted molar refractivity (Wildman–Crippen MR) is 93.0 cm³/mol. The van der Waals surface area contributed by atoms with Gasteiger partial charge in [-0.3, -0.25) is 9.20 Å². The average Bonchev–Trinajstić information content (AvgIpc) is 3.04. The van der Waals surface area contributed by atoms with Crippen LogP contribution in [0.15, 0.2) is 66.9 Å². The lowest BCUT2D eigenvalue weighted by atomic mass is 10.1. The van der Waals surface area contributed by atoms with Crippen LogP contribution in [-0.4, -0.2) is 27.0 Å². The maximum Gasteiger partial charge on any atom is 0.251 e. The zero-order valence-corrected chi connectivity index (χ0v) is 13.0. The molecule has 4 aromatic rings. The first kappa shape index (κ1) is 14.4. The topological polar surface area (TPSA) is 59.3 Å². The molecule has 1 N–H and O–H groups in total. The highest BCUT2D eigenvalue weighted by Crippen LogP contribution is 2.15. The van der Waals surface area contributed by atoms with Crippen molar-refractivity contribution >= 4 is 22.3 Å². The normalized spacial score (nSPS) is 11.0. The Kier molecular flexibility index (Phi) is 3.67. The van der Waals surface area contributed by atoms with Gasteiger partial charge in [-0.25, -0.2) is 0 Å². The molecule has 0 unspecified atom stereocenters. The Morgan fingerprint density at radius 1 is 0.958 bits per heavy atom. The van der Waals surface area contributed by atoms with Crippen LogP contribution in [-0.2, 0) is 6.42 Å². The van der Waals surface area contributed by atoms with Crippen molar-refractivity contribution in [3.05, 3.63) is 78.2 Å². The molecule has 1 amide bonds. The van der Waals surface area contributed by atoms with E-state index in [1.807, 2.05) is 71.3 Å². The third kappa shape index (κ3) is 2.72. The Labute approximate surface area is 139 Å². The van der Waals surface area contributed by atoms with Crippen LogP contribution in [0.4, 0.5) is 0 Å². The highest BCUT2D eigenvalue weighted by atomic mass is 16.1. The molecule has 0 spiro atoms. The zero-order valence-electron chi connectivity index (χ0n) is 13.0. The van der Waals surface area contributed by atoms with Crippen LogP contribution in [0.1, 0.15) is 16.2 Å². The number of aromatic nitrogens is 3. The number of fused-ring (bicyclic) bond motifs is 2. The summed E-state index contributed by atoms with van der Waals surface area (Å²) >= 11 is 0. The summed E-state index contributed by atoms with van der Waals surface area (Å²) in [5.74, 6) is 0.763. The molecule has 2 aromatic carbocycles. The van der Waals surface area contributed by atoms with Crippen LogP contribution in [0.25, 0.3) is 16.4 Å². The summed E-state index contributed by atoms with van der Waals surface area (Å²) in [5, 5.41) is 13.4. The molecule has 2 aromatic heterocycles. The van der Waals surface area contributed by atoms with Crippen LogP contribution in [0.3, 0.4) is 0 Å². The van der Waals surface area contributed by atoms with E-state index in [-0.39, 0.29) is 5.91 Å².